The Morgan fingerprint density at radius 3 is 2.27 bits per heavy atom. The summed E-state index contributed by atoms with van der Waals surface area (Å²) in [6, 6.07) is 11.2. The molecule has 0 atom stereocenters. The molecule has 1 fully saturated rings. The number of hydrogen-bond donors (Lipinski definition) is 1. The van der Waals surface area contributed by atoms with Crippen LogP contribution in [-0.4, -0.2) is 46.0 Å². The zero-order chi connectivity index (χ0) is 18.6. The van der Waals surface area contributed by atoms with Gasteiger partial charge in [-0.3, -0.25) is 9.62 Å². The van der Waals surface area contributed by atoms with E-state index in [0.29, 0.717) is 9.90 Å². The number of nitrogens with one attached hydrogen (secondary N) is 1. The lowest BCUT2D eigenvalue weighted by atomic mass is 10.2. The lowest BCUT2D eigenvalue weighted by Crippen LogP contribution is -2.46. The minimum atomic E-state index is -3.51. The molecule has 2 aromatic rings. The minimum absolute atomic E-state index is 0.366. The van der Waals surface area contributed by atoms with Crippen LogP contribution in [0.3, 0.4) is 0 Å². The van der Waals surface area contributed by atoms with Crippen LogP contribution in [0.4, 0.5) is 11.4 Å². The summed E-state index contributed by atoms with van der Waals surface area (Å²) in [4.78, 5) is 5.92. The molecule has 1 aliphatic rings. The van der Waals surface area contributed by atoms with E-state index in [2.05, 4.69) is 21.4 Å². The summed E-state index contributed by atoms with van der Waals surface area (Å²) < 4.78 is 28.0. The van der Waals surface area contributed by atoms with Crippen molar-refractivity contribution in [3.8, 4) is 0 Å². The molecule has 0 bridgehead atoms. The van der Waals surface area contributed by atoms with E-state index in [1.54, 1.807) is 6.07 Å². The van der Waals surface area contributed by atoms with Gasteiger partial charge in [0.2, 0.25) is 0 Å². The summed E-state index contributed by atoms with van der Waals surface area (Å²) in [5.74, 6) is 0. The molecule has 1 N–H and O–H groups in total. The van der Waals surface area contributed by atoms with Gasteiger partial charge in [0, 0.05) is 42.4 Å². The number of nitrogens with zero attached hydrogens (tertiary/aromatic N) is 2. The number of piperazine rings is 1. The molecule has 0 saturated carbocycles. The first-order valence-electron chi connectivity index (χ1n) is 9.20. The molecule has 142 valence electrons. The topological polar surface area (TPSA) is 52.6 Å². The zero-order valence-electron chi connectivity index (χ0n) is 15.4. The Balaban J connectivity index is 1.63. The lowest BCUT2D eigenvalue weighted by molar-refractivity contribution is 0.258. The largest absolute Gasteiger partial charge is 0.369 e. The van der Waals surface area contributed by atoms with Crippen LogP contribution in [0.25, 0.3) is 0 Å². The Hall–Kier alpha value is -1.57. The highest BCUT2D eigenvalue weighted by molar-refractivity contribution is 7.94. The molecule has 26 heavy (non-hydrogen) atoms. The Bertz CT molecular complexity index is 808. The van der Waals surface area contributed by atoms with Gasteiger partial charge in [-0.1, -0.05) is 13.8 Å². The van der Waals surface area contributed by atoms with E-state index in [0.717, 1.165) is 49.7 Å². The average molecular weight is 394 g/mol. The van der Waals surface area contributed by atoms with Gasteiger partial charge in [-0.15, -0.1) is 11.3 Å². The smallest absolute Gasteiger partial charge is 0.271 e. The summed E-state index contributed by atoms with van der Waals surface area (Å²) in [5.41, 5.74) is 1.75. The fraction of sp³-hybridized carbons (Fsp3) is 0.474. The molecule has 2 heterocycles. The Morgan fingerprint density at radius 2 is 1.69 bits per heavy atom. The summed E-state index contributed by atoms with van der Waals surface area (Å²) in [6.07, 6.45) is 2.04. The van der Waals surface area contributed by atoms with Crippen molar-refractivity contribution in [2.24, 2.45) is 0 Å². The maximum atomic E-state index is 12.5. The first-order chi connectivity index (χ1) is 12.5. The van der Waals surface area contributed by atoms with Crippen LogP contribution in [0.15, 0.2) is 40.6 Å². The van der Waals surface area contributed by atoms with Gasteiger partial charge >= 0.3 is 0 Å². The second kappa shape index (κ2) is 8.41. The maximum Gasteiger partial charge on any atom is 0.271 e. The molecule has 0 aliphatic carbocycles. The van der Waals surface area contributed by atoms with Crippen LogP contribution in [0.2, 0.25) is 0 Å². The van der Waals surface area contributed by atoms with Gasteiger partial charge in [0.15, 0.2) is 0 Å². The Morgan fingerprint density at radius 1 is 1.00 bits per heavy atom. The molecule has 1 saturated heterocycles. The van der Waals surface area contributed by atoms with Crippen molar-refractivity contribution in [1.82, 2.24) is 4.90 Å². The van der Waals surface area contributed by atoms with Crippen molar-refractivity contribution < 1.29 is 8.42 Å². The number of sulfonamides is 1. The number of anilines is 2. The highest BCUT2D eigenvalue weighted by atomic mass is 32.2. The second-order valence-electron chi connectivity index (χ2n) is 6.56. The predicted molar refractivity (Wildman–Crippen MR) is 110 cm³/mol. The number of hydrogen-bond acceptors (Lipinski definition) is 5. The van der Waals surface area contributed by atoms with E-state index in [1.165, 1.54) is 17.8 Å². The molecule has 0 unspecified atom stereocenters. The third kappa shape index (κ3) is 4.58. The fourth-order valence-corrected chi connectivity index (χ4v) is 5.54. The van der Waals surface area contributed by atoms with E-state index in [-0.39, 0.29) is 0 Å². The normalized spacial score (nSPS) is 16.0. The number of aryl methyl sites for hydroxylation is 1. The molecule has 0 radical (unpaired) electrons. The number of rotatable bonds is 7. The molecular formula is C19H27N3O2S2. The van der Waals surface area contributed by atoms with E-state index in [4.69, 9.17) is 0 Å². The van der Waals surface area contributed by atoms with Crippen LogP contribution in [-0.2, 0) is 16.4 Å². The van der Waals surface area contributed by atoms with E-state index in [1.807, 2.05) is 37.3 Å². The zero-order valence-corrected chi connectivity index (χ0v) is 17.1. The molecule has 0 amide bonds. The second-order valence-corrected chi connectivity index (χ2v) is 9.63. The van der Waals surface area contributed by atoms with Gasteiger partial charge in [-0.2, -0.15) is 0 Å². The lowest BCUT2D eigenvalue weighted by Gasteiger charge is -2.36. The van der Waals surface area contributed by atoms with Crippen molar-refractivity contribution >= 4 is 32.7 Å². The maximum absolute atomic E-state index is 12.5. The summed E-state index contributed by atoms with van der Waals surface area (Å²) in [6.45, 7) is 9.60. The molecule has 3 rings (SSSR count). The molecule has 7 heteroatoms. The molecule has 5 nitrogen and oxygen atoms in total. The molecule has 1 aromatic heterocycles. The standard InChI is InChI=1S/C19H27N3O2S2/c1-3-11-21-12-14-22(15-13-21)17-7-5-16(6-8-17)20-26(23,24)19-10-9-18(4-2)25-19/h5-10,20H,3-4,11-15H2,1-2H3. The summed E-state index contributed by atoms with van der Waals surface area (Å²) in [7, 11) is -3.51. The molecule has 0 spiro atoms. The van der Waals surface area contributed by atoms with Crippen LogP contribution < -0.4 is 9.62 Å². The van der Waals surface area contributed by atoms with Gasteiger partial charge < -0.3 is 4.90 Å². The third-order valence-electron chi connectivity index (χ3n) is 4.65. The molecule has 1 aliphatic heterocycles. The fourth-order valence-electron chi connectivity index (χ4n) is 3.18. The third-order valence-corrected chi connectivity index (χ3v) is 7.75. The highest BCUT2D eigenvalue weighted by Gasteiger charge is 2.18. The van der Waals surface area contributed by atoms with Crippen LogP contribution in [0, 0.1) is 0 Å². The monoisotopic (exact) mass is 393 g/mol. The van der Waals surface area contributed by atoms with Crippen molar-refractivity contribution in [3.05, 3.63) is 41.3 Å². The quantitative estimate of drug-likeness (QED) is 0.780. The van der Waals surface area contributed by atoms with E-state index >= 15 is 0 Å². The Kier molecular flexibility index (Phi) is 6.21. The first-order valence-corrected chi connectivity index (χ1v) is 11.5. The first kappa shape index (κ1) is 19.2. The summed E-state index contributed by atoms with van der Waals surface area (Å²) >= 11 is 1.33. The molecular weight excluding hydrogens is 366 g/mol. The SMILES string of the molecule is CCCN1CCN(c2ccc(NS(=O)(=O)c3ccc(CC)s3)cc2)CC1. The highest BCUT2D eigenvalue weighted by Crippen LogP contribution is 2.26. The molecule has 1 aromatic carbocycles. The Labute approximate surface area is 160 Å². The van der Waals surface area contributed by atoms with Gasteiger partial charge in [0.05, 0.1) is 0 Å². The average Bonchev–Trinajstić information content (AvgIpc) is 3.13. The van der Waals surface area contributed by atoms with Crippen LogP contribution >= 0.6 is 11.3 Å². The number of benzene rings is 1. The summed E-state index contributed by atoms with van der Waals surface area (Å²) in [5, 5.41) is 0. The van der Waals surface area contributed by atoms with Gasteiger partial charge in [-0.05, 0) is 55.8 Å². The van der Waals surface area contributed by atoms with Gasteiger partial charge in [-0.25, -0.2) is 8.42 Å². The van der Waals surface area contributed by atoms with E-state index in [9.17, 15) is 8.42 Å². The minimum Gasteiger partial charge on any atom is -0.369 e. The van der Waals surface area contributed by atoms with Crippen LogP contribution in [0.1, 0.15) is 25.1 Å². The van der Waals surface area contributed by atoms with E-state index < -0.39 is 10.0 Å². The van der Waals surface area contributed by atoms with Gasteiger partial charge in [0.1, 0.15) is 4.21 Å². The van der Waals surface area contributed by atoms with Gasteiger partial charge in [0.25, 0.3) is 10.0 Å². The van der Waals surface area contributed by atoms with Crippen molar-refractivity contribution in [1.29, 1.82) is 0 Å². The van der Waals surface area contributed by atoms with Crippen LogP contribution in [0.5, 0.6) is 0 Å². The number of thiophene rings is 1. The predicted octanol–water partition coefficient (Wildman–Crippen LogP) is 3.64. The van der Waals surface area contributed by atoms with Crippen molar-refractivity contribution in [2.45, 2.75) is 30.9 Å². The van der Waals surface area contributed by atoms with Crippen molar-refractivity contribution in [2.75, 3.05) is 42.3 Å². The van der Waals surface area contributed by atoms with Crippen molar-refractivity contribution in [3.63, 3.8) is 0 Å².